The molecule has 1 amide bonds. The third kappa shape index (κ3) is 4.78. The normalized spacial score (nSPS) is 18.9. The summed E-state index contributed by atoms with van der Waals surface area (Å²) in [5.41, 5.74) is 4.80. The number of nitrogens with zero attached hydrogens (tertiary/aromatic N) is 2. The van der Waals surface area contributed by atoms with E-state index in [0.29, 0.717) is 6.54 Å². The summed E-state index contributed by atoms with van der Waals surface area (Å²) in [5, 5.41) is 3.23. The molecule has 0 aromatic heterocycles. The highest BCUT2D eigenvalue weighted by molar-refractivity contribution is 5.82. The molecule has 2 heterocycles. The van der Waals surface area contributed by atoms with Crippen molar-refractivity contribution in [3.05, 3.63) is 83.9 Å². The van der Waals surface area contributed by atoms with Gasteiger partial charge in [0.1, 0.15) is 11.5 Å². The molecule has 2 aliphatic heterocycles. The highest BCUT2D eigenvalue weighted by atomic mass is 16.5. The fourth-order valence-corrected chi connectivity index (χ4v) is 5.45. The molecule has 0 bridgehead atoms. The summed E-state index contributed by atoms with van der Waals surface area (Å²) in [5.74, 6) is 1.73. The Morgan fingerprint density at radius 1 is 0.943 bits per heavy atom. The van der Waals surface area contributed by atoms with Gasteiger partial charge in [0, 0.05) is 37.6 Å². The topological polar surface area (TPSA) is 54.0 Å². The van der Waals surface area contributed by atoms with Gasteiger partial charge in [-0.25, -0.2) is 0 Å². The lowest BCUT2D eigenvalue weighted by Gasteiger charge is -2.49. The van der Waals surface area contributed by atoms with E-state index in [9.17, 15) is 4.79 Å². The first-order valence-electron chi connectivity index (χ1n) is 12.3. The van der Waals surface area contributed by atoms with Crippen molar-refractivity contribution in [2.45, 2.75) is 18.9 Å². The third-order valence-electron chi connectivity index (χ3n) is 7.28. The largest absolute Gasteiger partial charge is 0.497 e. The molecule has 6 heteroatoms. The molecule has 0 aliphatic carbocycles. The Labute approximate surface area is 207 Å². The van der Waals surface area contributed by atoms with Crippen LogP contribution in [0.3, 0.4) is 0 Å². The lowest BCUT2D eigenvalue weighted by Crippen LogP contribution is -2.61. The number of rotatable bonds is 7. The average Bonchev–Trinajstić information content (AvgIpc) is 2.92. The molecule has 2 atom stereocenters. The smallest absolute Gasteiger partial charge is 0.225 e. The van der Waals surface area contributed by atoms with Crippen LogP contribution >= 0.6 is 0 Å². The zero-order valence-corrected chi connectivity index (χ0v) is 20.4. The molecule has 1 saturated heterocycles. The lowest BCUT2D eigenvalue weighted by atomic mass is 9.83. The fourth-order valence-electron chi connectivity index (χ4n) is 5.45. The van der Waals surface area contributed by atoms with E-state index in [0.717, 1.165) is 49.5 Å². The van der Waals surface area contributed by atoms with Gasteiger partial charge in [-0.15, -0.1) is 0 Å². The molecule has 3 aromatic rings. The van der Waals surface area contributed by atoms with Gasteiger partial charge in [0.05, 0.1) is 26.2 Å². The van der Waals surface area contributed by atoms with Crippen molar-refractivity contribution in [2.24, 2.45) is 5.92 Å². The second-order valence-corrected chi connectivity index (χ2v) is 9.20. The fraction of sp³-hybridized carbons (Fsp3) is 0.345. The van der Waals surface area contributed by atoms with Crippen molar-refractivity contribution in [2.75, 3.05) is 50.2 Å². The number of anilines is 2. The first kappa shape index (κ1) is 23.1. The Kier molecular flexibility index (Phi) is 6.80. The number of hydrogen-bond donors (Lipinski definition) is 1. The van der Waals surface area contributed by atoms with Crippen molar-refractivity contribution in [3.8, 4) is 11.5 Å². The lowest BCUT2D eigenvalue weighted by molar-refractivity contribution is -0.125. The van der Waals surface area contributed by atoms with Crippen LogP contribution < -0.4 is 24.6 Å². The van der Waals surface area contributed by atoms with Gasteiger partial charge in [0.2, 0.25) is 5.91 Å². The van der Waals surface area contributed by atoms with Gasteiger partial charge in [0.25, 0.3) is 0 Å². The van der Waals surface area contributed by atoms with Crippen molar-refractivity contribution in [1.82, 2.24) is 5.32 Å². The summed E-state index contributed by atoms with van der Waals surface area (Å²) in [6, 6.07) is 24.8. The minimum Gasteiger partial charge on any atom is -0.497 e. The summed E-state index contributed by atoms with van der Waals surface area (Å²) >= 11 is 0. The molecule has 0 unspecified atom stereocenters. The van der Waals surface area contributed by atoms with Gasteiger partial charge < -0.3 is 24.6 Å². The molecular formula is C29H33N3O3. The first-order valence-corrected chi connectivity index (χ1v) is 12.3. The molecule has 0 saturated carbocycles. The van der Waals surface area contributed by atoms with E-state index in [4.69, 9.17) is 9.47 Å². The summed E-state index contributed by atoms with van der Waals surface area (Å²) in [4.78, 5) is 18.4. The number of ether oxygens (including phenoxy) is 2. The van der Waals surface area contributed by atoms with Crippen LogP contribution in [0.1, 0.15) is 11.1 Å². The third-order valence-corrected chi connectivity index (χ3v) is 7.28. The minimum atomic E-state index is -0.108. The highest BCUT2D eigenvalue weighted by Crippen LogP contribution is 2.37. The van der Waals surface area contributed by atoms with Crippen LogP contribution in [-0.2, 0) is 17.6 Å². The van der Waals surface area contributed by atoms with Gasteiger partial charge in [-0.3, -0.25) is 4.79 Å². The maximum atomic E-state index is 13.5. The van der Waals surface area contributed by atoms with Crippen LogP contribution in [-0.4, -0.2) is 52.3 Å². The number of carbonyl (C=O) groups excluding carboxylic acids is 1. The maximum Gasteiger partial charge on any atom is 0.225 e. The standard InChI is InChI=1S/C29H33N3O3/c1-34-24-13-11-23(12-14-24)31-17-18-32-26-9-5-3-8-22(26)19-25(27(32)20-31)29(33)30-16-15-21-7-4-6-10-28(21)35-2/h3-14,25,27H,15-20H2,1-2H3,(H,30,33)/t25-,27+/m1/s1. The number of benzene rings is 3. The van der Waals surface area contributed by atoms with Crippen molar-refractivity contribution >= 4 is 17.3 Å². The molecule has 3 aromatic carbocycles. The van der Waals surface area contributed by atoms with Crippen LogP contribution in [0.5, 0.6) is 11.5 Å². The van der Waals surface area contributed by atoms with Gasteiger partial charge in [0.15, 0.2) is 0 Å². The molecule has 0 radical (unpaired) electrons. The van der Waals surface area contributed by atoms with E-state index < -0.39 is 0 Å². The van der Waals surface area contributed by atoms with Crippen LogP contribution in [0, 0.1) is 5.92 Å². The van der Waals surface area contributed by atoms with E-state index >= 15 is 0 Å². The zero-order valence-electron chi connectivity index (χ0n) is 20.4. The Morgan fingerprint density at radius 2 is 1.71 bits per heavy atom. The molecule has 2 aliphatic rings. The van der Waals surface area contributed by atoms with Gasteiger partial charge in [-0.2, -0.15) is 0 Å². The van der Waals surface area contributed by atoms with Crippen LogP contribution in [0.25, 0.3) is 0 Å². The van der Waals surface area contributed by atoms with E-state index in [2.05, 4.69) is 57.6 Å². The van der Waals surface area contributed by atoms with Gasteiger partial charge in [-0.1, -0.05) is 36.4 Å². The number of hydrogen-bond acceptors (Lipinski definition) is 5. The van der Waals surface area contributed by atoms with Gasteiger partial charge >= 0.3 is 0 Å². The number of piperazine rings is 1. The Balaban J connectivity index is 1.32. The summed E-state index contributed by atoms with van der Waals surface area (Å²) in [6.45, 7) is 3.20. The van der Waals surface area contributed by atoms with Crippen LogP contribution in [0.4, 0.5) is 11.4 Å². The molecular weight excluding hydrogens is 438 g/mol. The first-order chi connectivity index (χ1) is 17.2. The van der Waals surface area contributed by atoms with E-state index in [1.165, 1.54) is 16.9 Å². The Bertz CT molecular complexity index is 1160. The van der Waals surface area contributed by atoms with E-state index in [-0.39, 0.29) is 17.9 Å². The number of carbonyl (C=O) groups is 1. The van der Waals surface area contributed by atoms with Crippen LogP contribution in [0.2, 0.25) is 0 Å². The average molecular weight is 472 g/mol. The van der Waals surface area contributed by atoms with E-state index in [1.54, 1.807) is 14.2 Å². The maximum absolute atomic E-state index is 13.5. The Hall–Kier alpha value is -3.67. The molecule has 5 rings (SSSR count). The zero-order chi connectivity index (χ0) is 24.2. The molecule has 1 N–H and O–H groups in total. The quantitative estimate of drug-likeness (QED) is 0.566. The number of methoxy groups -OCH3 is 2. The molecule has 182 valence electrons. The van der Waals surface area contributed by atoms with Crippen molar-refractivity contribution in [1.29, 1.82) is 0 Å². The van der Waals surface area contributed by atoms with Gasteiger partial charge in [-0.05, 0) is 60.4 Å². The second-order valence-electron chi connectivity index (χ2n) is 9.20. The van der Waals surface area contributed by atoms with E-state index in [1.807, 2.05) is 30.3 Å². The summed E-state index contributed by atoms with van der Waals surface area (Å²) in [7, 11) is 3.37. The van der Waals surface area contributed by atoms with Crippen molar-refractivity contribution in [3.63, 3.8) is 0 Å². The minimum absolute atomic E-state index is 0.108. The number of para-hydroxylation sites is 2. The van der Waals surface area contributed by atoms with Crippen molar-refractivity contribution < 1.29 is 14.3 Å². The summed E-state index contributed by atoms with van der Waals surface area (Å²) in [6.07, 6.45) is 1.50. The predicted octanol–water partition coefficient (Wildman–Crippen LogP) is 3.93. The molecule has 1 fully saturated rings. The second kappa shape index (κ2) is 10.3. The monoisotopic (exact) mass is 471 g/mol. The number of fused-ring (bicyclic) bond motifs is 3. The number of nitrogens with one attached hydrogen (secondary N) is 1. The molecule has 6 nitrogen and oxygen atoms in total. The Morgan fingerprint density at radius 3 is 2.51 bits per heavy atom. The molecule has 0 spiro atoms. The highest BCUT2D eigenvalue weighted by Gasteiger charge is 2.41. The molecule has 35 heavy (non-hydrogen) atoms. The van der Waals surface area contributed by atoms with Crippen LogP contribution in [0.15, 0.2) is 72.8 Å². The SMILES string of the molecule is COc1ccc(N2CCN3c4ccccc4C[C@@H](C(=O)NCCc4ccccc4OC)[C@@H]3C2)cc1. The predicted molar refractivity (Wildman–Crippen MR) is 140 cm³/mol. The number of amides is 1. The summed E-state index contributed by atoms with van der Waals surface area (Å²) < 4.78 is 10.8.